The topological polar surface area (TPSA) is 40.6 Å². The van der Waals surface area contributed by atoms with Crippen molar-refractivity contribution in [1.29, 1.82) is 0 Å². The van der Waals surface area contributed by atoms with Crippen LogP contribution in [0.5, 0.6) is 0 Å². The summed E-state index contributed by atoms with van der Waals surface area (Å²) in [6.07, 6.45) is 3.60. The van der Waals surface area contributed by atoms with Crippen LogP contribution in [0, 0.1) is 12.8 Å². The molecule has 0 unspecified atom stereocenters. The number of carbonyl (C=O) groups excluding carboxylic acids is 2. The summed E-state index contributed by atoms with van der Waals surface area (Å²) in [6.45, 7) is 6.33. The van der Waals surface area contributed by atoms with Crippen molar-refractivity contribution < 1.29 is 9.59 Å². The van der Waals surface area contributed by atoms with Gasteiger partial charge >= 0.3 is 0 Å². The highest BCUT2D eigenvalue weighted by Crippen LogP contribution is 2.22. The standard InChI is InChI=1S/C25H32N2O2/c1-20-8-6-7-11-24(20)19-27(21(2)28)17-14-25(29)26-15-12-23(13-16-26)18-22-9-4-3-5-10-22/h3-11,23H,12-19H2,1-2H3. The molecule has 2 amide bonds. The van der Waals surface area contributed by atoms with E-state index in [1.807, 2.05) is 29.2 Å². The Balaban J connectivity index is 1.46. The summed E-state index contributed by atoms with van der Waals surface area (Å²) in [6, 6.07) is 18.7. The molecular formula is C25H32N2O2. The van der Waals surface area contributed by atoms with Crippen LogP contribution in [0.1, 0.15) is 42.9 Å². The molecule has 1 fully saturated rings. The van der Waals surface area contributed by atoms with Gasteiger partial charge in [0, 0.05) is 39.5 Å². The molecule has 0 radical (unpaired) electrons. The van der Waals surface area contributed by atoms with E-state index in [2.05, 4.69) is 37.3 Å². The van der Waals surface area contributed by atoms with Gasteiger partial charge in [-0.05, 0) is 48.8 Å². The molecule has 4 nitrogen and oxygen atoms in total. The monoisotopic (exact) mass is 392 g/mol. The number of piperidine rings is 1. The first kappa shape index (κ1) is 21.1. The fourth-order valence-electron chi connectivity index (χ4n) is 4.06. The molecule has 0 bridgehead atoms. The molecule has 0 saturated carbocycles. The highest BCUT2D eigenvalue weighted by atomic mass is 16.2. The Hall–Kier alpha value is -2.62. The highest BCUT2D eigenvalue weighted by Gasteiger charge is 2.23. The molecule has 0 atom stereocenters. The smallest absolute Gasteiger partial charge is 0.224 e. The zero-order chi connectivity index (χ0) is 20.6. The van der Waals surface area contributed by atoms with Crippen molar-refractivity contribution in [3.05, 3.63) is 71.3 Å². The first-order valence-electron chi connectivity index (χ1n) is 10.6. The van der Waals surface area contributed by atoms with Gasteiger partial charge in [0.05, 0.1) is 0 Å². The quantitative estimate of drug-likeness (QED) is 0.708. The van der Waals surface area contributed by atoms with Crippen LogP contribution >= 0.6 is 0 Å². The number of aryl methyl sites for hydroxylation is 1. The van der Waals surface area contributed by atoms with Crippen molar-refractivity contribution >= 4 is 11.8 Å². The lowest BCUT2D eigenvalue weighted by Gasteiger charge is -2.33. The zero-order valence-electron chi connectivity index (χ0n) is 17.6. The molecule has 1 aliphatic heterocycles. The Morgan fingerprint density at radius 3 is 2.31 bits per heavy atom. The van der Waals surface area contributed by atoms with Crippen LogP contribution in [0.4, 0.5) is 0 Å². The second-order valence-corrected chi connectivity index (χ2v) is 8.13. The first-order valence-corrected chi connectivity index (χ1v) is 10.6. The van der Waals surface area contributed by atoms with Crippen LogP contribution in [0.3, 0.4) is 0 Å². The molecule has 29 heavy (non-hydrogen) atoms. The Morgan fingerprint density at radius 2 is 1.66 bits per heavy atom. The molecule has 2 aromatic carbocycles. The number of likely N-dealkylation sites (tertiary alicyclic amines) is 1. The minimum atomic E-state index is 0.0163. The lowest BCUT2D eigenvalue weighted by molar-refractivity contribution is -0.134. The van der Waals surface area contributed by atoms with Gasteiger partial charge in [-0.25, -0.2) is 0 Å². The van der Waals surface area contributed by atoms with Crippen LogP contribution in [0.2, 0.25) is 0 Å². The molecule has 0 spiro atoms. The van der Waals surface area contributed by atoms with Crippen LogP contribution in [-0.2, 0) is 22.6 Å². The van der Waals surface area contributed by atoms with Crippen molar-refractivity contribution in [3.8, 4) is 0 Å². The number of rotatable bonds is 7. The third-order valence-electron chi connectivity index (χ3n) is 6.00. The Labute approximate surface area is 174 Å². The first-order chi connectivity index (χ1) is 14.0. The van der Waals surface area contributed by atoms with E-state index in [1.165, 1.54) is 11.1 Å². The Morgan fingerprint density at radius 1 is 1.00 bits per heavy atom. The fourth-order valence-corrected chi connectivity index (χ4v) is 4.06. The van der Waals surface area contributed by atoms with Crippen molar-refractivity contribution in [2.75, 3.05) is 19.6 Å². The number of nitrogens with zero attached hydrogens (tertiary/aromatic N) is 2. The zero-order valence-corrected chi connectivity index (χ0v) is 17.6. The molecule has 0 aromatic heterocycles. The average Bonchev–Trinajstić information content (AvgIpc) is 2.73. The van der Waals surface area contributed by atoms with E-state index in [1.54, 1.807) is 11.8 Å². The molecular weight excluding hydrogens is 360 g/mol. The van der Waals surface area contributed by atoms with Gasteiger partial charge in [0.15, 0.2) is 0 Å². The van der Waals surface area contributed by atoms with Crippen LogP contribution in [0.15, 0.2) is 54.6 Å². The Bertz CT molecular complexity index is 811. The van der Waals surface area contributed by atoms with Gasteiger partial charge in [-0.2, -0.15) is 0 Å². The van der Waals surface area contributed by atoms with E-state index in [0.29, 0.717) is 25.4 Å². The number of carbonyl (C=O) groups is 2. The van der Waals surface area contributed by atoms with Gasteiger partial charge in [-0.1, -0.05) is 54.6 Å². The molecule has 154 valence electrons. The van der Waals surface area contributed by atoms with E-state index in [4.69, 9.17) is 0 Å². The normalized spacial score (nSPS) is 14.6. The van der Waals surface area contributed by atoms with Crippen LogP contribution in [-0.4, -0.2) is 41.2 Å². The second kappa shape index (κ2) is 10.2. The average molecular weight is 393 g/mol. The van der Waals surface area contributed by atoms with Crippen molar-refractivity contribution in [1.82, 2.24) is 9.80 Å². The molecule has 1 aliphatic rings. The van der Waals surface area contributed by atoms with Gasteiger partial charge in [-0.15, -0.1) is 0 Å². The minimum absolute atomic E-state index is 0.0163. The Kier molecular flexibility index (Phi) is 7.45. The molecule has 0 aliphatic carbocycles. The number of hydrogen-bond donors (Lipinski definition) is 0. The lowest BCUT2D eigenvalue weighted by Crippen LogP contribution is -2.41. The summed E-state index contributed by atoms with van der Waals surface area (Å²) in [5, 5.41) is 0. The van der Waals surface area contributed by atoms with E-state index in [-0.39, 0.29) is 11.8 Å². The lowest BCUT2D eigenvalue weighted by atomic mass is 9.90. The molecule has 4 heteroatoms. The molecule has 2 aromatic rings. The van der Waals surface area contributed by atoms with E-state index in [0.717, 1.165) is 37.9 Å². The van der Waals surface area contributed by atoms with E-state index < -0.39 is 0 Å². The maximum Gasteiger partial charge on any atom is 0.224 e. The largest absolute Gasteiger partial charge is 0.343 e. The number of hydrogen-bond acceptors (Lipinski definition) is 2. The number of amides is 2. The van der Waals surface area contributed by atoms with E-state index in [9.17, 15) is 9.59 Å². The van der Waals surface area contributed by atoms with Crippen molar-refractivity contribution in [3.63, 3.8) is 0 Å². The molecule has 3 rings (SSSR count). The van der Waals surface area contributed by atoms with Crippen LogP contribution < -0.4 is 0 Å². The van der Waals surface area contributed by atoms with Crippen molar-refractivity contribution in [2.24, 2.45) is 5.92 Å². The minimum Gasteiger partial charge on any atom is -0.343 e. The van der Waals surface area contributed by atoms with Crippen molar-refractivity contribution in [2.45, 2.75) is 46.1 Å². The third kappa shape index (κ3) is 6.18. The summed E-state index contributed by atoms with van der Waals surface area (Å²) < 4.78 is 0. The molecule has 0 N–H and O–H groups in total. The summed E-state index contributed by atoms with van der Waals surface area (Å²) in [5.74, 6) is 0.832. The maximum atomic E-state index is 12.7. The van der Waals surface area contributed by atoms with Gasteiger partial charge in [0.2, 0.25) is 11.8 Å². The summed E-state index contributed by atoms with van der Waals surface area (Å²) in [7, 11) is 0. The fraction of sp³-hybridized carbons (Fsp3) is 0.440. The maximum absolute atomic E-state index is 12.7. The summed E-state index contributed by atoms with van der Waals surface area (Å²) in [4.78, 5) is 28.5. The highest BCUT2D eigenvalue weighted by molar-refractivity contribution is 5.78. The molecule has 1 saturated heterocycles. The van der Waals surface area contributed by atoms with Gasteiger partial charge in [0.25, 0.3) is 0 Å². The SMILES string of the molecule is CC(=O)N(CCC(=O)N1CCC(Cc2ccccc2)CC1)Cc1ccccc1C. The molecule has 1 heterocycles. The summed E-state index contributed by atoms with van der Waals surface area (Å²) in [5.41, 5.74) is 3.69. The second-order valence-electron chi connectivity index (χ2n) is 8.13. The number of benzene rings is 2. The van der Waals surface area contributed by atoms with E-state index >= 15 is 0 Å². The predicted molar refractivity (Wildman–Crippen MR) is 116 cm³/mol. The van der Waals surface area contributed by atoms with Gasteiger partial charge in [-0.3, -0.25) is 9.59 Å². The van der Waals surface area contributed by atoms with Gasteiger partial charge < -0.3 is 9.80 Å². The third-order valence-corrected chi connectivity index (χ3v) is 6.00. The van der Waals surface area contributed by atoms with Gasteiger partial charge in [0.1, 0.15) is 0 Å². The van der Waals surface area contributed by atoms with Crippen LogP contribution in [0.25, 0.3) is 0 Å². The predicted octanol–water partition coefficient (Wildman–Crippen LogP) is 4.21. The summed E-state index contributed by atoms with van der Waals surface area (Å²) >= 11 is 0.